The van der Waals surface area contributed by atoms with E-state index in [1.165, 1.54) is 16.7 Å². The molecule has 22 heavy (non-hydrogen) atoms. The van der Waals surface area contributed by atoms with Crippen molar-refractivity contribution in [1.82, 2.24) is 0 Å². The van der Waals surface area contributed by atoms with Gasteiger partial charge in [-0.05, 0) is 22.1 Å². The van der Waals surface area contributed by atoms with Crippen molar-refractivity contribution in [3.63, 3.8) is 0 Å². The molecule has 1 aliphatic rings. The fourth-order valence-electron chi connectivity index (χ4n) is 2.77. The van der Waals surface area contributed by atoms with Crippen LogP contribution in [-0.2, 0) is 14.9 Å². The summed E-state index contributed by atoms with van der Waals surface area (Å²) in [6.07, 6.45) is 0.230. The van der Waals surface area contributed by atoms with Crippen molar-refractivity contribution in [2.45, 2.75) is 38.4 Å². The Morgan fingerprint density at radius 3 is 2.32 bits per heavy atom. The summed E-state index contributed by atoms with van der Waals surface area (Å²) in [5, 5.41) is 0. The highest BCUT2D eigenvalue weighted by Gasteiger charge is 2.28. The summed E-state index contributed by atoms with van der Waals surface area (Å²) in [4.78, 5) is 0. The molecule has 0 bridgehead atoms. The van der Waals surface area contributed by atoms with Crippen molar-refractivity contribution >= 4 is 0 Å². The Labute approximate surface area is 133 Å². The minimum absolute atomic E-state index is 0.0409. The van der Waals surface area contributed by atoms with Gasteiger partial charge in [0.2, 0.25) is 0 Å². The van der Waals surface area contributed by atoms with Crippen LogP contribution in [0, 0.1) is 0 Å². The van der Waals surface area contributed by atoms with Gasteiger partial charge >= 0.3 is 0 Å². The van der Waals surface area contributed by atoms with E-state index in [1.807, 2.05) is 6.07 Å². The van der Waals surface area contributed by atoms with Gasteiger partial charge in [0.15, 0.2) is 0 Å². The quantitative estimate of drug-likeness (QED) is 0.758. The molecule has 0 amide bonds. The number of hydrogen-bond acceptors (Lipinski definition) is 2. The summed E-state index contributed by atoms with van der Waals surface area (Å²) in [7, 11) is 0. The van der Waals surface area contributed by atoms with E-state index >= 15 is 0 Å². The zero-order chi connectivity index (χ0) is 15.6. The maximum absolute atomic E-state index is 6.25. The van der Waals surface area contributed by atoms with Crippen LogP contribution >= 0.6 is 0 Å². The molecule has 0 saturated carbocycles. The molecule has 2 nitrogen and oxygen atoms in total. The van der Waals surface area contributed by atoms with Crippen molar-refractivity contribution < 1.29 is 9.47 Å². The highest BCUT2D eigenvalue weighted by molar-refractivity contribution is 5.39. The fourth-order valence-corrected chi connectivity index (χ4v) is 2.77. The standard InChI is InChI=1S/C20H24O2/c1-20(2,3)18-12-8-7-11-17(18)19(22-14-16-13-21-16)15-9-5-4-6-10-15/h4-12,16,19H,13-14H2,1-3H3. The van der Waals surface area contributed by atoms with Gasteiger partial charge in [-0.1, -0.05) is 75.4 Å². The normalized spacial score (nSPS) is 19.0. The summed E-state index contributed by atoms with van der Waals surface area (Å²) in [5.41, 5.74) is 3.87. The average Bonchev–Trinajstić information content (AvgIpc) is 3.32. The molecule has 3 rings (SSSR count). The molecule has 0 aromatic heterocycles. The van der Waals surface area contributed by atoms with Crippen LogP contribution in [0.2, 0.25) is 0 Å². The maximum atomic E-state index is 6.25. The zero-order valence-corrected chi connectivity index (χ0v) is 13.6. The topological polar surface area (TPSA) is 21.8 Å². The van der Waals surface area contributed by atoms with Crippen LogP contribution in [0.1, 0.15) is 43.6 Å². The van der Waals surface area contributed by atoms with Crippen molar-refractivity contribution in [3.05, 3.63) is 71.3 Å². The van der Waals surface area contributed by atoms with Crippen LogP contribution in [0.4, 0.5) is 0 Å². The SMILES string of the molecule is CC(C)(C)c1ccccc1C(OCC1CO1)c1ccccc1. The van der Waals surface area contributed by atoms with Crippen molar-refractivity contribution in [3.8, 4) is 0 Å². The molecule has 0 aliphatic carbocycles. The largest absolute Gasteiger partial charge is 0.371 e. The molecule has 1 aliphatic heterocycles. The Hall–Kier alpha value is -1.64. The van der Waals surface area contributed by atoms with Gasteiger partial charge in [0.1, 0.15) is 12.2 Å². The van der Waals surface area contributed by atoms with Gasteiger partial charge in [-0.15, -0.1) is 0 Å². The third-order valence-corrected chi connectivity index (χ3v) is 4.00. The van der Waals surface area contributed by atoms with E-state index in [0.29, 0.717) is 6.61 Å². The van der Waals surface area contributed by atoms with Crippen molar-refractivity contribution in [1.29, 1.82) is 0 Å². The van der Waals surface area contributed by atoms with Gasteiger partial charge in [-0.3, -0.25) is 0 Å². The highest BCUT2D eigenvalue weighted by atomic mass is 16.6. The van der Waals surface area contributed by atoms with Crippen molar-refractivity contribution in [2.75, 3.05) is 13.2 Å². The van der Waals surface area contributed by atoms with Gasteiger partial charge in [0, 0.05) is 0 Å². The molecule has 2 unspecified atom stereocenters. The number of rotatable bonds is 5. The smallest absolute Gasteiger partial charge is 0.108 e. The second-order valence-corrected chi connectivity index (χ2v) is 6.92. The Bertz CT molecular complexity index is 609. The summed E-state index contributed by atoms with van der Waals surface area (Å²) < 4.78 is 11.6. The van der Waals surface area contributed by atoms with Crippen LogP contribution < -0.4 is 0 Å². The first-order valence-electron chi connectivity index (χ1n) is 7.93. The monoisotopic (exact) mass is 296 g/mol. The summed E-state index contributed by atoms with van der Waals surface area (Å²) in [6, 6.07) is 19.1. The predicted molar refractivity (Wildman–Crippen MR) is 89.1 cm³/mol. The molecule has 2 aromatic rings. The first kappa shape index (κ1) is 15.3. The van der Waals surface area contributed by atoms with Gasteiger partial charge in [-0.25, -0.2) is 0 Å². The molecule has 1 heterocycles. The van der Waals surface area contributed by atoms with Crippen LogP contribution in [-0.4, -0.2) is 19.3 Å². The van der Waals surface area contributed by atoms with Crippen LogP contribution in [0.3, 0.4) is 0 Å². The number of ether oxygens (including phenoxy) is 2. The number of benzene rings is 2. The fraction of sp³-hybridized carbons (Fsp3) is 0.400. The highest BCUT2D eigenvalue weighted by Crippen LogP contribution is 2.35. The number of epoxide rings is 1. The lowest BCUT2D eigenvalue weighted by Gasteiger charge is -2.28. The van der Waals surface area contributed by atoms with E-state index in [1.54, 1.807) is 0 Å². The molecular weight excluding hydrogens is 272 g/mol. The molecule has 1 fully saturated rings. The second-order valence-electron chi connectivity index (χ2n) is 6.92. The molecule has 0 N–H and O–H groups in total. The van der Waals surface area contributed by atoms with E-state index in [0.717, 1.165) is 6.61 Å². The molecular formula is C20H24O2. The summed E-state index contributed by atoms with van der Waals surface area (Å²) in [6.45, 7) is 8.22. The zero-order valence-electron chi connectivity index (χ0n) is 13.6. The van der Waals surface area contributed by atoms with Crippen LogP contribution in [0.25, 0.3) is 0 Å². The minimum atomic E-state index is -0.0409. The Morgan fingerprint density at radius 1 is 1.05 bits per heavy atom. The second kappa shape index (κ2) is 6.23. The lowest BCUT2D eigenvalue weighted by Crippen LogP contribution is -2.19. The molecule has 2 atom stereocenters. The molecule has 116 valence electrons. The van der Waals surface area contributed by atoms with E-state index < -0.39 is 0 Å². The molecule has 2 heteroatoms. The Kier molecular flexibility index (Phi) is 4.32. The number of hydrogen-bond donors (Lipinski definition) is 0. The van der Waals surface area contributed by atoms with Crippen molar-refractivity contribution in [2.24, 2.45) is 0 Å². The molecule has 1 saturated heterocycles. The predicted octanol–water partition coefficient (Wildman–Crippen LogP) is 4.49. The van der Waals surface area contributed by atoms with Crippen LogP contribution in [0.5, 0.6) is 0 Å². The third kappa shape index (κ3) is 3.57. The summed E-state index contributed by atoms with van der Waals surface area (Å²) in [5.74, 6) is 0. The molecule has 2 aromatic carbocycles. The van der Waals surface area contributed by atoms with E-state index in [4.69, 9.17) is 9.47 Å². The van der Waals surface area contributed by atoms with Gasteiger partial charge in [0.05, 0.1) is 13.2 Å². The van der Waals surface area contributed by atoms with Gasteiger partial charge < -0.3 is 9.47 Å². The van der Waals surface area contributed by atoms with E-state index in [9.17, 15) is 0 Å². The Balaban J connectivity index is 1.98. The average molecular weight is 296 g/mol. The maximum Gasteiger partial charge on any atom is 0.108 e. The first-order valence-corrected chi connectivity index (χ1v) is 7.93. The minimum Gasteiger partial charge on any atom is -0.371 e. The first-order chi connectivity index (χ1) is 10.6. The lowest BCUT2D eigenvalue weighted by molar-refractivity contribution is 0.0661. The van der Waals surface area contributed by atoms with E-state index in [2.05, 4.69) is 69.3 Å². The summed E-state index contributed by atoms with van der Waals surface area (Å²) >= 11 is 0. The third-order valence-electron chi connectivity index (χ3n) is 4.00. The van der Waals surface area contributed by atoms with E-state index in [-0.39, 0.29) is 17.6 Å². The Morgan fingerprint density at radius 2 is 1.68 bits per heavy atom. The van der Waals surface area contributed by atoms with Crippen LogP contribution in [0.15, 0.2) is 54.6 Å². The molecule has 0 spiro atoms. The van der Waals surface area contributed by atoms with Gasteiger partial charge in [-0.2, -0.15) is 0 Å². The van der Waals surface area contributed by atoms with Gasteiger partial charge in [0.25, 0.3) is 0 Å². The molecule has 0 radical (unpaired) electrons. The lowest BCUT2D eigenvalue weighted by atomic mass is 9.81.